The quantitative estimate of drug-likeness (QED) is 0.706. The molecule has 2 aliphatic carbocycles. The highest BCUT2D eigenvalue weighted by Gasteiger charge is 2.49. The van der Waals surface area contributed by atoms with Crippen LogP contribution in [0, 0.1) is 10.8 Å². The first-order valence-electron chi connectivity index (χ1n) is 9.50. The molecule has 1 aromatic heterocycles. The summed E-state index contributed by atoms with van der Waals surface area (Å²) >= 11 is 1.14. The molecule has 2 atom stereocenters. The van der Waals surface area contributed by atoms with E-state index < -0.39 is 10.0 Å². The molecule has 4 rings (SSSR count). The minimum absolute atomic E-state index is 0.0269. The van der Waals surface area contributed by atoms with Gasteiger partial charge in [-0.2, -0.15) is 12.8 Å². The van der Waals surface area contributed by atoms with E-state index in [1.54, 1.807) is 35.8 Å². The van der Waals surface area contributed by atoms with Crippen LogP contribution < -0.4 is 5.11 Å². The molecule has 150 valence electrons. The third-order valence-corrected chi connectivity index (χ3v) is 8.44. The Balaban J connectivity index is 1.56. The van der Waals surface area contributed by atoms with Gasteiger partial charge in [0.1, 0.15) is 4.21 Å². The largest absolute Gasteiger partial charge is 0.860 e. The lowest BCUT2D eigenvalue weighted by Crippen LogP contribution is -2.37. The molecule has 0 N–H and O–H groups in total. The fourth-order valence-electron chi connectivity index (χ4n) is 5.12. The summed E-state index contributed by atoms with van der Waals surface area (Å²) in [6, 6.07) is 3.50. The summed E-state index contributed by atoms with van der Waals surface area (Å²) in [7, 11) is -3.70. The number of nitrogens with zero attached hydrogens (tertiary/aromatic N) is 2. The van der Waals surface area contributed by atoms with Gasteiger partial charge in [0.25, 0.3) is 10.0 Å². The SMILES string of the molecule is CC1(C)C[C@@H]2C[C@](C)(CN2C([O-])=C2C=CC(=NS(=O)(=O)c3cccs3)C=C2)C1. The zero-order valence-corrected chi connectivity index (χ0v) is 18.0. The van der Waals surface area contributed by atoms with Crippen LogP contribution >= 0.6 is 11.3 Å². The number of allylic oxidation sites excluding steroid dienone is 5. The van der Waals surface area contributed by atoms with Crippen LogP contribution in [0.2, 0.25) is 0 Å². The maximum atomic E-state index is 13.1. The van der Waals surface area contributed by atoms with Gasteiger partial charge in [0.2, 0.25) is 0 Å². The summed E-state index contributed by atoms with van der Waals surface area (Å²) in [6.07, 6.45) is 9.80. The van der Waals surface area contributed by atoms with Crippen molar-refractivity contribution in [2.75, 3.05) is 6.54 Å². The molecule has 0 aromatic carbocycles. The third-order valence-electron chi connectivity index (χ3n) is 5.76. The molecule has 0 unspecified atom stereocenters. The lowest BCUT2D eigenvalue weighted by atomic mass is 9.65. The zero-order chi connectivity index (χ0) is 20.2. The molecule has 2 bridgehead atoms. The number of thiophene rings is 1. The summed E-state index contributed by atoms with van der Waals surface area (Å²) < 4.78 is 28.6. The molecule has 5 nitrogen and oxygen atoms in total. The fourth-order valence-corrected chi connectivity index (χ4v) is 7.08. The Morgan fingerprint density at radius 2 is 1.93 bits per heavy atom. The summed E-state index contributed by atoms with van der Waals surface area (Å²) in [4.78, 5) is 2.02. The number of sulfonamides is 1. The highest BCUT2D eigenvalue weighted by Crippen LogP contribution is 2.53. The predicted octanol–water partition coefficient (Wildman–Crippen LogP) is 3.48. The Morgan fingerprint density at radius 1 is 1.21 bits per heavy atom. The average Bonchev–Trinajstić information content (AvgIpc) is 3.20. The molecule has 0 radical (unpaired) electrons. The van der Waals surface area contributed by atoms with Crippen molar-refractivity contribution in [3.05, 3.63) is 53.3 Å². The number of hydrogen-bond donors (Lipinski definition) is 0. The normalized spacial score (nSPS) is 28.7. The summed E-state index contributed by atoms with van der Waals surface area (Å²) in [6.45, 7) is 7.65. The van der Waals surface area contributed by atoms with E-state index in [0.717, 1.165) is 37.1 Å². The van der Waals surface area contributed by atoms with E-state index in [9.17, 15) is 13.5 Å². The smallest absolute Gasteiger partial charge is 0.292 e. The number of rotatable bonds is 3. The fraction of sp³-hybridized carbons (Fsp3) is 0.476. The molecule has 1 aliphatic heterocycles. The maximum Gasteiger partial charge on any atom is 0.292 e. The van der Waals surface area contributed by atoms with Crippen LogP contribution in [0.25, 0.3) is 0 Å². The molecule has 7 heteroatoms. The first-order chi connectivity index (χ1) is 13.1. The van der Waals surface area contributed by atoms with Crippen LogP contribution in [-0.2, 0) is 10.0 Å². The van der Waals surface area contributed by atoms with Gasteiger partial charge in [-0.25, -0.2) is 0 Å². The van der Waals surface area contributed by atoms with E-state index >= 15 is 0 Å². The second kappa shape index (κ2) is 6.59. The van der Waals surface area contributed by atoms with E-state index in [4.69, 9.17) is 0 Å². The molecule has 1 saturated carbocycles. The predicted molar refractivity (Wildman–Crippen MR) is 110 cm³/mol. The van der Waals surface area contributed by atoms with Crippen molar-refractivity contribution in [2.45, 2.75) is 50.3 Å². The first kappa shape index (κ1) is 19.5. The van der Waals surface area contributed by atoms with E-state index in [1.165, 1.54) is 6.07 Å². The summed E-state index contributed by atoms with van der Waals surface area (Å²) in [5.41, 5.74) is 1.36. The van der Waals surface area contributed by atoms with Crippen molar-refractivity contribution in [1.82, 2.24) is 4.90 Å². The van der Waals surface area contributed by atoms with Crippen molar-refractivity contribution in [3.63, 3.8) is 0 Å². The highest BCUT2D eigenvalue weighted by molar-refractivity contribution is 7.92. The van der Waals surface area contributed by atoms with E-state index in [1.807, 2.05) is 4.90 Å². The van der Waals surface area contributed by atoms with Crippen LogP contribution in [0.4, 0.5) is 0 Å². The lowest BCUT2D eigenvalue weighted by molar-refractivity contribution is -0.335. The maximum absolute atomic E-state index is 13.1. The lowest BCUT2D eigenvalue weighted by Gasteiger charge is -2.40. The second-order valence-electron chi connectivity index (χ2n) is 9.19. The van der Waals surface area contributed by atoms with Gasteiger partial charge in [-0.3, -0.25) is 0 Å². The monoisotopic (exact) mass is 417 g/mol. The van der Waals surface area contributed by atoms with Gasteiger partial charge in [0.15, 0.2) is 0 Å². The van der Waals surface area contributed by atoms with Gasteiger partial charge in [-0.15, -0.1) is 11.3 Å². The summed E-state index contributed by atoms with van der Waals surface area (Å²) in [5, 5.41) is 14.8. The van der Waals surface area contributed by atoms with Crippen LogP contribution in [0.5, 0.6) is 0 Å². The first-order valence-corrected chi connectivity index (χ1v) is 11.8. The molecular formula is C21H25N2O3S2-. The van der Waals surface area contributed by atoms with Crippen molar-refractivity contribution < 1.29 is 13.5 Å². The van der Waals surface area contributed by atoms with Gasteiger partial charge in [0, 0.05) is 12.6 Å². The molecular weight excluding hydrogens is 392 g/mol. The van der Waals surface area contributed by atoms with E-state index in [-0.39, 0.29) is 27.0 Å². The van der Waals surface area contributed by atoms with Crippen LogP contribution in [0.1, 0.15) is 40.0 Å². The molecule has 0 spiro atoms. The van der Waals surface area contributed by atoms with E-state index in [2.05, 4.69) is 25.2 Å². The minimum atomic E-state index is -3.70. The Hall–Kier alpha value is -1.86. The summed E-state index contributed by atoms with van der Waals surface area (Å²) in [5.74, 6) is 0.0269. The Bertz CT molecular complexity index is 982. The highest BCUT2D eigenvalue weighted by atomic mass is 32.2. The topological polar surface area (TPSA) is 72.8 Å². The number of hydrogen-bond acceptors (Lipinski definition) is 5. The van der Waals surface area contributed by atoms with E-state index in [0.29, 0.717) is 11.3 Å². The van der Waals surface area contributed by atoms with Crippen molar-refractivity contribution >= 4 is 27.1 Å². The molecule has 28 heavy (non-hydrogen) atoms. The van der Waals surface area contributed by atoms with Gasteiger partial charge >= 0.3 is 0 Å². The molecule has 2 heterocycles. The molecule has 0 amide bonds. The standard InChI is InChI=1S/C21H26N2O3S2/c1-20(2)11-17-12-21(3,13-20)14-23(17)19(24)15-6-8-16(9-7-15)22-28(25,26)18-5-4-10-27-18/h4-10,17,24H,11-14H2,1-3H3/p-1/t17-,21+/m1/s1. The number of fused-ring (bicyclic) bond motifs is 2. The van der Waals surface area contributed by atoms with Crippen LogP contribution in [0.15, 0.2) is 61.9 Å². The Morgan fingerprint density at radius 3 is 2.57 bits per heavy atom. The van der Waals surface area contributed by atoms with Gasteiger partial charge in [-0.05, 0) is 65.1 Å². The zero-order valence-electron chi connectivity index (χ0n) is 16.4. The number of likely N-dealkylation sites (tertiary alicyclic amines) is 1. The molecule has 2 fully saturated rings. The van der Waals surface area contributed by atoms with Crippen LogP contribution in [0.3, 0.4) is 0 Å². The third kappa shape index (κ3) is 3.70. The Kier molecular flexibility index (Phi) is 4.58. The van der Waals surface area contributed by atoms with Crippen molar-refractivity contribution in [3.8, 4) is 0 Å². The molecule has 3 aliphatic rings. The van der Waals surface area contributed by atoms with Crippen LogP contribution in [-0.4, -0.2) is 31.6 Å². The molecule has 1 saturated heterocycles. The van der Waals surface area contributed by atoms with Crippen molar-refractivity contribution in [2.24, 2.45) is 15.2 Å². The van der Waals surface area contributed by atoms with Gasteiger partial charge in [0.05, 0.1) is 5.71 Å². The Labute approximate surface area is 170 Å². The average molecular weight is 418 g/mol. The van der Waals surface area contributed by atoms with Crippen molar-refractivity contribution in [1.29, 1.82) is 0 Å². The van der Waals surface area contributed by atoms with Gasteiger partial charge < -0.3 is 10.0 Å². The van der Waals surface area contributed by atoms with Gasteiger partial charge in [-0.1, -0.05) is 39.0 Å². The minimum Gasteiger partial charge on any atom is -0.860 e. The molecule has 1 aromatic rings. The second-order valence-corrected chi connectivity index (χ2v) is 12.0.